The molecule has 1 aromatic heterocycles. The Hall–Kier alpha value is -0.430. The number of hydrogen-bond acceptors (Lipinski definition) is 4. The zero-order valence-electron chi connectivity index (χ0n) is 13.1. The molecule has 0 saturated heterocycles. The van der Waals surface area contributed by atoms with Gasteiger partial charge in [-0.05, 0) is 36.6 Å². The Morgan fingerprint density at radius 1 is 1.33 bits per heavy atom. The molecule has 1 heterocycles. The molecular weight excluding hydrogens is 304 g/mol. The predicted octanol–water partition coefficient (Wildman–Crippen LogP) is 3.02. The first-order valence-electron chi connectivity index (χ1n) is 7.70. The van der Waals surface area contributed by atoms with E-state index in [0.29, 0.717) is 29.9 Å². The fraction of sp³-hybridized carbons (Fsp3) is 0.733. The highest BCUT2D eigenvalue weighted by Gasteiger charge is 2.24. The fourth-order valence-corrected chi connectivity index (χ4v) is 5.66. The third-order valence-electron chi connectivity index (χ3n) is 3.97. The summed E-state index contributed by atoms with van der Waals surface area (Å²) >= 11 is 1.52. The Morgan fingerprint density at radius 3 is 2.62 bits per heavy atom. The average Bonchev–Trinajstić information content (AvgIpc) is 3.03. The van der Waals surface area contributed by atoms with Crippen LogP contribution in [0.2, 0.25) is 0 Å². The fourth-order valence-electron chi connectivity index (χ4n) is 2.78. The monoisotopic (exact) mass is 330 g/mol. The van der Waals surface area contributed by atoms with Crippen molar-refractivity contribution in [3.05, 3.63) is 15.8 Å². The molecule has 2 N–H and O–H groups in total. The normalized spacial score (nSPS) is 17.0. The molecular formula is C15H26N2O2S2. The second kappa shape index (κ2) is 7.22. The van der Waals surface area contributed by atoms with Crippen LogP contribution in [0.25, 0.3) is 0 Å². The summed E-state index contributed by atoms with van der Waals surface area (Å²) in [6.07, 6.45) is 4.75. The highest BCUT2D eigenvalue weighted by atomic mass is 32.2. The van der Waals surface area contributed by atoms with E-state index in [2.05, 4.69) is 23.9 Å². The molecule has 0 atom stereocenters. The molecule has 1 aromatic rings. The Morgan fingerprint density at radius 2 is 2.00 bits per heavy atom. The Kier molecular flexibility index (Phi) is 5.82. The minimum absolute atomic E-state index is 0.342. The molecule has 0 bridgehead atoms. The van der Waals surface area contributed by atoms with E-state index < -0.39 is 10.0 Å². The first kappa shape index (κ1) is 16.9. The van der Waals surface area contributed by atoms with E-state index in [1.54, 1.807) is 0 Å². The van der Waals surface area contributed by atoms with Crippen LogP contribution in [0.4, 0.5) is 0 Å². The molecule has 0 spiro atoms. The van der Waals surface area contributed by atoms with Gasteiger partial charge in [0, 0.05) is 24.0 Å². The smallest absolute Gasteiger partial charge is 0.241 e. The molecule has 120 valence electrons. The number of hydrogen-bond donors (Lipinski definition) is 2. The van der Waals surface area contributed by atoms with E-state index in [-0.39, 0.29) is 0 Å². The summed E-state index contributed by atoms with van der Waals surface area (Å²) in [7, 11) is -3.39. The number of sulfonamides is 1. The van der Waals surface area contributed by atoms with Crippen molar-refractivity contribution in [1.29, 1.82) is 0 Å². The van der Waals surface area contributed by atoms with E-state index in [9.17, 15) is 8.42 Å². The predicted molar refractivity (Wildman–Crippen MR) is 88.2 cm³/mol. The van der Waals surface area contributed by atoms with Crippen LogP contribution in [0.3, 0.4) is 0 Å². The van der Waals surface area contributed by atoms with Gasteiger partial charge in [0.25, 0.3) is 0 Å². The van der Waals surface area contributed by atoms with Crippen LogP contribution < -0.4 is 10.0 Å². The van der Waals surface area contributed by atoms with Gasteiger partial charge in [0.15, 0.2) is 0 Å². The van der Waals surface area contributed by atoms with Gasteiger partial charge in [0.2, 0.25) is 10.0 Å². The maximum atomic E-state index is 12.6. The minimum atomic E-state index is -3.39. The number of thiophene rings is 1. The number of aryl methyl sites for hydroxylation is 1. The van der Waals surface area contributed by atoms with Gasteiger partial charge in [0.1, 0.15) is 4.90 Å². The summed E-state index contributed by atoms with van der Waals surface area (Å²) in [6.45, 7) is 7.18. The van der Waals surface area contributed by atoms with Crippen LogP contribution in [0.1, 0.15) is 50.0 Å². The van der Waals surface area contributed by atoms with Crippen LogP contribution >= 0.6 is 11.3 Å². The summed E-state index contributed by atoms with van der Waals surface area (Å²) < 4.78 is 28.0. The molecule has 4 nitrogen and oxygen atoms in total. The van der Waals surface area contributed by atoms with Gasteiger partial charge in [-0.3, -0.25) is 0 Å². The van der Waals surface area contributed by atoms with E-state index in [0.717, 1.165) is 23.3 Å². The maximum Gasteiger partial charge on any atom is 0.241 e. The third-order valence-corrected chi connectivity index (χ3v) is 6.85. The van der Waals surface area contributed by atoms with E-state index in [4.69, 9.17) is 0 Å². The maximum absolute atomic E-state index is 12.6. The summed E-state index contributed by atoms with van der Waals surface area (Å²) in [5.41, 5.74) is 0.847. The molecule has 0 aromatic carbocycles. The van der Waals surface area contributed by atoms with E-state index >= 15 is 0 Å². The number of nitrogens with one attached hydrogen (secondary N) is 2. The quantitative estimate of drug-likeness (QED) is 0.808. The van der Waals surface area contributed by atoms with Crippen molar-refractivity contribution in [2.24, 2.45) is 5.92 Å². The van der Waals surface area contributed by atoms with Crippen LogP contribution in [-0.2, 0) is 16.6 Å². The minimum Gasteiger partial charge on any atom is -0.310 e. The molecule has 0 radical (unpaired) electrons. The number of rotatable bonds is 7. The highest BCUT2D eigenvalue weighted by Crippen LogP contribution is 2.28. The van der Waals surface area contributed by atoms with E-state index in [1.165, 1.54) is 24.2 Å². The zero-order chi connectivity index (χ0) is 15.5. The first-order chi connectivity index (χ1) is 9.90. The molecule has 6 heteroatoms. The van der Waals surface area contributed by atoms with Gasteiger partial charge in [-0.15, -0.1) is 11.3 Å². The standard InChI is InChI=1S/C15H26N2O2S2/c1-11(2)16-9-14-15(12(3)10-20-14)21(18,19)17-8-13-6-4-5-7-13/h10-11,13,16-17H,4-9H2,1-3H3. The van der Waals surface area contributed by atoms with Crippen molar-refractivity contribution < 1.29 is 8.42 Å². The second-order valence-corrected chi connectivity index (χ2v) is 8.88. The lowest BCUT2D eigenvalue weighted by Gasteiger charge is -2.13. The molecule has 1 aliphatic rings. The summed E-state index contributed by atoms with van der Waals surface area (Å²) in [4.78, 5) is 1.39. The van der Waals surface area contributed by atoms with Crippen molar-refractivity contribution in [2.45, 2.75) is 63.9 Å². The average molecular weight is 331 g/mol. The SMILES string of the molecule is Cc1csc(CNC(C)C)c1S(=O)(=O)NCC1CCCC1. The van der Waals surface area contributed by atoms with Crippen molar-refractivity contribution >= 4 is 21.4 Å². The van der Waals surface area contributed by atoms with Crippen molar-refractivity contribution in [2.75, 3.05) is 6.54 Å². The molecule has 21 heavy (non-hydrogen) atoms. The van der Waals surface area contributed by atoms with Crippen LogP contribution in [0, 0.1) is 12.8 Å². The Bertz CT molecular complexity index is 558. The topological polar surface area (TPSA) is 58.2 Å². The largest absolute Gasteiger partial charge is 0.310 e. The van der Waals surface area contributed by atoms with Gasteiger partial charge in [-0.2, -0.15) is 0 Å². The van der Waals surface area contributed by atoms with Gasteiger partial charge >= 0.3 is 0 Å². The second-order valence-electron chi connectivity index (χ2n) is 6.21. The summed E-state index contributed by atoms with van der Waals surface area (Å²) in [5, 5.41) is 5.24. The Balaban J connectivity index is 2.08. The van der Waals surface area contributed by atoms with Gasteiger partial charge < -0.3 is 5.32 Å². The molecule has 1 aliphatic carbocycles. The van der Waals surface area contributed by atoms with Crippen molar-refractivity contribution in [3.8, 4) is 0 Å². The van der Waals surface area contributed by atoms with Gasteiger partial charge in [0.05, 0.1) is 0 Å². The first-order valence-corrected chi connectivity index (χ1v) is 10.1. The van der Waals surface area contributed by atoms with Gasteiger partial charge in [-0.25, -0.2) is 13.1 Å². The van der Waals surface area contributed by atoms with Crippen LogP contribution in [0.5, 0.6) is 0 Å². The molecule has 0 unspecified atom stereocenters. The van der Waals surface area contributed by atoms with Crippen LogP contribution in [0.15, 0.2) is 10.3 Å². The molecule has 1 saturated carbocycles. The van der Waals surface area contributed by atoms with Crippen molar-refractivity contribution in [3.63, 3.8) is 0 Å². The van der Waals surface area contributed by atoms with Gasteiger partial charge in [-0.1, -0.05) is 26.7 Å². The Labute approximate surface area is 132 Å². The highest BCUT2D eigenvalue weighted by molar-refractivity contribution is 7.89. The molecule has 0 aliphatic heterocycles. The molecule has 2 rings (SSSR count). The molecule has 1 fully saturated rings. The summed E-state index contributed by atoms with van der Waals surface area (Å²) in [6, 6.07) is 0.342. The lowest BCUT2D eigenvalue weighted by Crippen LogP contribution is -2.30. The molecule has 0 amide bonds. The summed E-state index contributed by atoms with van der Waals surface area (Å²) in [5.74, 6) is 0.510. The lowest BCUT2D eigenvalue weighted by atomic mass is 10.1. The third kappa shape index (κ3) is 4.52. The zero-order valence-corrected chi connectivity index (χ0v) is 14.7. The lowest BCUT2D eigenvalue weighted by molar-refractivity contribution is 0.518. The van der Waals surface area contributed by atoms with Crippen molar-refractivity contribution in [1.82, 2.24) is 10.0 Å². The van der Waals surface area contributed by atoms with Crippen LogP contribution in [-0.4, -0.2) is 21.0 Å². The van der Waals surface area contributed by atoms with E-state index in [1.807, 2.05) is 12.3 Å².